The minimum absolute atomic E-state index is 0.159. The van der Waals surface area contributed by atoms with Gasteiger partial charge >= 0.3 is 0 Å². The smallest absolute Gasteiger partial charge is 0.295 e. The van der Waals surface area contributed by atoms with Gasteiger partial charge in [0.2, 0.25) is 0 Å². The fourth-order valence-corrected chi connectivity index (χ4v) is 3.60. The number of rotatable bonds is 5. The third kappa shape index (κ3) is 4.17. The number of thioether (sulfide) groups is 1. The van der Waals surface area contributed by atoms with Gasteiger partial charge in [-0.25, -0.2) is 0 Å². The number of nitrogens with one attached hydrogen (secondary N) is 1. The maximum atomic E-state index is 12.6. The number of anilines is 2. The van der Waals surface area contributed by atoms with Gasteiger partial charge in [-0.1, -0.05) is 24.3 Å². The van der Waals surface area contributed by atoms with E-state index in [0.29, 0.717) is 4.91 Å². The Hall–Kier alpha value is -2.73. The number of aryl methyl sites for hydroxylation is 1. The van der Waals surface area contributed by atoms with Crippen molar-refractivity contribution in [1.29, 1.82) is 0 Å². The Morgan fingerprint density at radius 2 is 1.78 bits per heavy atom. The Morgan fingerprint density at radius 3 is 2.44 bits per heavy atom. The van der Waals surface area contributed by atoms with E-state index in [1.165, 1.54) is 4.90 Å². The first-order valence-electron chi connectivity index (χ1n) is 8.69. The van der Waals surface area contributed by atoms with Gasteiger partial charge in [-0.05, 0) is 66.6 Å². The molecule has 5 nitrogen and oxygen atoms in total. The second-order valence-corrected chi connectivity index (χ2v) is 7.67. The van der Waals surface area contributed by atoms with E-state index in [9.17, 15) is 9.59 Å². The van der Waals surface area contributed by atoms with Crippen molar-refractivity contribution in [2.24, 2.45) is 0 Å². The molecule has 0 aliphatic carbocycles. The van der Waals surface area contributed by atoms with Crippen LogP contribution in [0.25, 0.3) is 6.08 Å². The zero-order valence-electron chi connectivity index (χ0n) is 15.9. The van der Waals surface area contributed by atoms with E-state index >= 15 is 0 Å². The summed E-state index contributed by atoms with van der Waals surface area (Å²) < 4.78 is 0. The van der Waals surface area contributed by atoms with Crippen molar-refractivity contribution in [3.63, 3.8) is 0 Å². The number of amides is 2. The van der Waals surface area contributed by atoms with Crippen LogP contribution in [0.4, 0.5) is 16.2 Å². The highest BCUT2D eigenvalue weighted by Crippen LogP contribution is 2.32. The van der Waals surface area contributed by atoms with E-state index in [1.54, 1.807) is 6.08 Å². The summed E-state index contributed by atoms with van der Waals surface area (Å²) in [5, 5.41) is 2.94. The summed E-state index contributed by atoms with van der Waals surface area (Å²) in [4.78, 5) is 28.6. The Balaban J connectivity index is 1.71. The van der Waals surface area contributed by atoms with Crippen LogP contribution in [-0.4, -0.2) is 36.8 Å². The Kier molecular flexibility index (Phi) is 5.56. The number of carbonyl (C=O) groups is 2. The molecule has 3 rings (SSSR count). The zero-order valence-corrected chi connectivity index (χ0v) is 16.8. The van der Waals surface area contributed by atoms with E-state index in [-0.39, 0.29) is 17.8 Å². The van der Waals surface area contributed by atoms with Crippen molar-refractivity contribution in [2.75, 3.05) is 31.0 Å². The minimum Gasteiger partial charge on any atom is -0.378 e. The number of imide groups is 1. The molecule has 0 saturated carbocycles. The number of nitrogens with zero attached hydrogens (tertiary/aromatic N) is 2. The van der Waals surface area contributed by atoms with Crippen LogP contribution in [-0.2, 0) is 4.79 Å². The molecule has 0 bridgehead atoms. The minimum atomic E-state index is -0.264. The molecule has 1 saturated heterocycles. The average Bonchev–Trinajstić information content (AvgIpc) is 2.90. The second-order valence-electron chi connectivity index (χ2n) is 6.68. The monoisotopic (exact) mass is 381 g/mol. The highest BCUT2D eigenvalue weighted by Gasteiger charge is 2.34. The van der Waals surface area contributed by atoms with Crippen molar-refractivity contribution < 1.29 is 9.59 Å². The van der Waals surface area contributed by atoms with E-state index in [2.05, 4.69) is 5.32 Å². The largest absolute Gasteiger partial charge is 0.378 e. The van der Waals surface area contributed by atoms with E-state index in [4.69, 9.17) is 0 Å². The van der Waals surface area contributed by atoms with Crippen LogP contribution >= 0.6 is 11.8 Å². The lowest BCUT2D eigenvalue weighted by Crippen LogP contribution is -2.33. The highest BCUT2D eigenvalue weighted by atomic mass is 32.2. The van der Waals surface area contributed by atoms with Gasteiger partial charge < -0.3 is 10.2 Å². The third-order valence-electron chi connectivity index (χ3n) is 4.61. The van der Waals surface area contributed by atoms with Crippen LogP contribution in [0.5, 0.6) is 0 Å². The molecule has 1 N–H and O–H groups in total. The van der Waals surface area contributed by atoms with Crippen LogP contribution < -0.4 is 10.2 Å². The second kappa shape index (κ2) is 7.88. The maximum Gasteiger partial charge on any atom is 0.295 e. The average molecular weight is 382 g/mol. The lowest BCUT2D eigenvalue weighted by molar-refractivity contribution is -0.122. The maximum absolute atomic E-state index is 12.6. The number of carbonyl (C=O) groups excluding carboxylic acids is 2. The van der Waals surface area contributed by atoms with Gasteiger partial charge in [0.05, 0.1) is 11.6 Å². The fourth-order valence-electron chi connectivity index (χ4n) is 2.76. The van der Waals surface area contributed by atoms with E-state index < -0.39 is 0 Å². The predicted octanol–water partition coefficient (Wildman–Crippen LogP) is 4.48. The van der Waals surface area contributed by atoms with Gasteiger partial charge in [-0.15, -0.1) is 0 Å². The predicted molar refractivity (Wildman–Crippen MR) is 113 cm³/mol. The first-order chi connectivity index (χ1) is 12.9. The molecular formula is C21H23N3O2S. The molecule has 140 valence electrons. The molecule has 2 aromatic carbocycles. The molecule has 0 unspecified atom stereocenters. The topological polar surface area (TPSA) is 52.7 Å². The van der Waals surface area contributed by atoms with Gasteiger partial charge in [0, 0.05) is 25.5 Å². The van der Waals surface area contributed by atoms with Crippen LogP contribution in [0, 0.1) is 13.8 Å². The highest BCUT2D eigenvalue weighted by molar-refractivity contribution is 8.18. The van der Waals surface area contributed by atoms with Gasteiger partial charge in [-0.2, -0.15) is 0 Å². The van der Waals surface area contributed by atoms with Gasteiger partial charge in [0.1, 0.15) is 0 Å². The SMILES string of the molecule is Cc1cccc(NCN2C(=O)S/C(=C/c3ccc(N(C)C)cc3)C2=O)c1C. The van der Waals surface area contributed by atoms with Crippen LogP contribution in [0.15, 0.2) is 47.4 Å². The molecule has 1 aliphatic rings. The molecular weight excluding hydrogens is 358 g/mol. The molecule has 0 radical (unpaired) electrons. The molecule has 2 aromatic rings. The Morgan fingerprint density at radius 1 is 1.07 bits per heavy atom. The van der Waals surface area contributed by atoms with Crippen molar-refractivity contribution in [2.45, 2.75) is 13.8 Å². The molecule has 1 aliphatic heterocycles. The number of hydrogen-bond donors (Lipinski definition) is 1. The molecule has 1 heterocycles. The molecule has 1 fully saturated rings. The summed E-state index contributed by atoms with van der Waals surface area (Å²) in [5.74, 6) is -0.264. The summed E-state index contributed by atoms with van der Waals surface area (Å²) in [6, 6.07) is 13.8. The molecule has 0 aromatic heterocycles. The molecule has 0 spiro atoms. The summed E-state index contributed by atoms with van der Waals surface area (Å²) >= 11 is 0.978. The van der Waals surface area contributed by atoms with Gasteiger partial charge in [0.25, 0.3) is 11.1 Å². The van der Waals surface area contributed by atoms with Crippen molar-refractivity contribution in [3.8, 4) is 0 Å². The standard InChI is InChI=1S/C21H23N3O2S/c1-14-6-5-7-18(15(14)2)22-13-24-20(25)19(27-21(24)26)12-16-8-10-17(11-9-16)23(3)4/h5-12,22H,13H2,1-4H3/b19-12+. The molecule has 6 heteroatoms. The first-order valence-corrected chi connectivity index (χ1v) is 9.51. The summed E-state index contributed by atoms with van der Waals surface area (Å²) in [6.45, 7) is 4.21. The molecule has 0 atom stereocenters. The van der Waals surface area contributed by atoms with E-state index in [0.717, 1.165) is 39.8 Å². The van der Waals surface area contributed by atoms with Crippen LogP contribution in [0.2, 0.25) is 0 Å². The third-order valence-corrected chi connectivity index (χ3v) is 5.52. The Bertz CT molecular complexity index is 904. The molecule has 27 heavy (non-hydrogen) atoms. The summed E-state index contributed by atoms with van der Waals surface area (Å²) in [6.07, 6.45) is 1.77. The van der Waals surface area contributed by atoms with E-state index in [1.807, 2.05) is 75.3 Å². The normalized spacial score (nSPS) is 15.6. The molecule has 2 amide bonds. The lowest BCUT2D eigenvalue weighted by Gasteiger charge is -2.16. The van der Waals surface area contributed by atoms with Crippen LogP contribution in [0.1, 0.15) is 16.7 Å². The summed E-state index contributed by atoms with van der Waals surface area (Å²) in [7, 11) is 3.95. The zero-order chi connectivity index (χ0) is 19.6. The van der Waals surface area contributed by atoms with Crippen molar-refractivity contribution >= 4 is 40.4 Å². The quantitative estimate of drug-likeness (QED) is 0.774. The van der Waals surface area contributed by atoms with Gasteiger partial charge in [-0.3, -0.25) is 14.5 Å². The summed E-state index contributed by atoms with van der Waals surface area (Å²) in [5.41, 5.74) is 5.18. The van der Waals surface area contributed by atoms with Crippen LogP contribution in [0.3, 0.4) is 0 Å². The number of benzene rings is 2. The fraction of sp³-hybridized carbons (Fsp3) is 0.238. The van der Waals surface area contributed by atoms with Gasteiger partial charge in [0.15, 0.2) is 0 Å². The van der Waals surface area contributed by atoms with Crippen molar-refractivity contribution in [3.05, 3.63) is 64.1 Å². The first kappa shape index (κ1) is 19.0. The van der Waals surface area contributed by atoms with Crippen molar-refractivity contribution in [1.82, 2.24) is 4.90 Å². The lowest BCUT2D eigenvalue weighted by atomic mass is 10.1. The Labute approximate surface area is 164 Å². The number of hydrogen-bond acceptors (Lipinski definition) is 5.